The SMILES string of the molecule is COc1cc([C@H]2CO2)ccc1F. The van der Waals surface area contributed by atoms with Gasteiger partial charge in [-0.25, -0.2) is 4.39 Å². The van der Waals surface area contributed by atoms with Gasteiger partial charge < -0.3 is 9.47 Å². The van der Waals surface area contributed by atoms with Gasteiger partial charge in [-0.15, -0.1) is 0 Å². The number of benzene rings is 1. The zero-order valence-corrected chi connectivity index (χ0v) is 6.71. The van der Waals surface area contributed by atoms with Crippen molar-refractivity contribution in [2.24, 2.45) is 0 Å². The van der Waals surface area contributed by atoms with Crippen LogP contribution in [-0.2, 0) is 4.74 Å². The van der Waals surface area contributed by atoms with Gasteiger partial charge in [-0.05, 0) is 17.7 Å². The van der Waals surface area contributed by atoms with Crippen LogP contribution in [0.3, 0.4) is 0 Å². The van der Waals surface area contributed by atoms with Crippen LogP contribution in [0.4, 0.5) is 4.39 Å². The number of methoxy groups -OCH3 is 1. The van der Waals surface area contributed by atoms with E-state index in [1.165, 1.54) is 13.2 Å². The number of epoxide rings is 1. The Hall–Kier alpha value is -1.09. The molecule has 0 unspecified atom stereocenters. The van der Waals surface area contributed by atoms with Gasteiger partial charge >= 0.3 is 0 Å². The Morgan fingerprint density at radius 1 is 1.58 bits per heavy atom. The molecule has 0 aromatic heterocycles. The van der Waals surface area contributed by atoms with Gasteiger partial charge in [0.1, 0.15) is 6.10 Å². The molecule has 1 fully saturated rings. The third kappa shape index (κ3) is 1.28. The van der Waals surface area contributed by atoms with Crippen LogP contribution in [0.2, 0.25) is 0 Å². The fraction of sp³-hybridized carbons (Fsp3) is 0.333. The number of hydrogen-bond acceptors (Lipinski definition) is 2. The summed E-state index contributed by atoms with van der Waals surface area (Å²) in [7, 11) is 1.45. The van der Waals surface area contributed by atoms with Crippen LogP contribution >= 0.6 is 0 Å². The minimum atomic E-state index is -0.332. The van der Waals surface area contributed by atoms with E-state index in [1.807, 2.05) is 0 Å². The van der Waals surface area contributed by atoms with Crippen molar-refractivity contribution in [1.82, 2.24) is 0 Å². The Labute approximate surface area is 69.9 Å². The molecule has 1 atom stereocenters. The minimum absolute atomic E-state index is 0.152. The highest BCUT2D eigenvalue weighted by atomic mass is 19.1. The van der Waals surface area contributed by atoms with Gasteiger partial charge in [0.15, 0.2) is 11.6 Å². The first-order chi connectivity index (χ1) is 5.81. The molecule has 0 aliphatic carbocycles. The van der Waals surface area contributed by atoms with E-state index in [9.17, 15) is 4.39 Å². The molecular formula is C9H9FO2. The van der Waals surface area contributed by atoms with Gasteiger partial charge in [0.2, 0.25) is 0 Å². The molecule has 64 valence electrons. The minimum Gasteiger partial charge on any atom is -0.494 e. The summed E-state index contributed by atoms with van der Waals surface area (Å²) in [6.45, 7) is 0.731. The number of rotatable bonds is 2. The summed E-state index contributed by atoms with van der Waals surface area (Å²) in [5, 5.41) is 0. The summed E-state index contributed by atoms with van der Waals surface area (Å²) in [6, 6.07) is 4.79. The van der Waals surface area contributed by atoms with Gasteiger partial charge in [-0.1, -0.05) is 6.07 Å². The van der Waals surface area contributed by atoms with Crippen molar-refractivity contribution >= 4 is 0 Å². The Morgan fingerprint density at radius 3 is 2.92 bits per heavy atom. The first-order valence-electron chi connectivity index (χ1n) is 3.76. The van der Waals surface area contributed by atoms with Crippen LogP contribution in [0.5, 0.6) is 5.75 Å². The van der Waals surface area contributed by atoms with Crippen LogP contribution in [0, 0.1) is 5.82 Å². The summed E-state index contributed by atoms with van der Waals surface area (Å²) in [6.07, 6.45) is 0.152. The standard InChI is InChI=1S/C9H9FO2/c1-11-8-4-6(9-5-12-9)2-3-7(8)10/h2-4,9H,5H2,1H3/t9-/m1/s1. The van der Waals surface area contributed by atoms with Crippen LogP contribution in [0.15, 0.2) is 18.2 Å². The molecule has 0 radical (unpaired) electrons. The first-order valence-corrected chi connectivity index (χ1v) is 3.76. The van der Waals surface area contributed by atoms with Gasteiger partial charge in [-0.3, -0.25) is 0 Å². The van der Waals surface area contributed by atoms with Crippen molar-refractivity contribution in [1.29, 1.82) is 0 Å². The molecular weight excluding hydrogens is 159 g/mol. The predicted molar refractivity (Wildman–Crippen MR) is 41.6 cm³/mol. The summed E-state index contributed by atoms with van der Waals surface area (Å²) in [5.41, 5.74) is 0.980. The average molecular weight is 168 g/mol. The highest BCUT2D eigenvalue weighted by Crippen LogP contribution is 2.32. The molecule has 3 heteroatoms. The highest BCUT2D eigenvalue weighted by molar-refractivity contribution is 5.32. The van der Waals surface area contributed by atoms with E-state index in [2.05, 4.69) is 0 Å². The lowest BCUT2D eigenvalue weighted by atomic mass is 10.1. The van der Waals surface area contributed by atoms with E-state index >= 15 is 0 Å². The lowest BCUT2D eigenvalue weighted by Gasteiger charge is -2.02. The maximum Gasteiger partial charge on any atom is 0.165 e. The lowest BCUT2D eigenvalue weighted by Crippen LogP contribution is -1.90. The van der Waals surface area contributed by atoms with Crippen LogP contribution in [0.25, 0.3) is 0 Å². The van der Waals surface area contributed by atoms with Gasteiger partial charge in [0, 0.05) is 0 Å². The first kappa shape index (κ1) is 7.55. The summed E-state index contributed by atoms with van der Waals surface area (Å²) in [4.78, 5) is 0. The molecule has 0 amide bonds. The second-order valence-electron chi connectivity index (χ2n) is 2.72. The van der Waals surface area contributed by atoms with Gasteiger partial charge in [0.25, 0.3) is 0 Å². The molecule has 0 saturated carbocycles. The summed E-state index contributed by atoms with van der Waals surface area (Å²) >= 11 is 0. The molecule has 0 N–H and O–H groups in total. The Kier molecular flexibility index (Phi) is 1.73. The molecule has 2 rings (SSSR count). The molecule has 12 heavy (non-hydrogen) atoms. The van der Waals surface area contributed by atoms with Crippen LogP contribution < -0.4 is 4.74 Å². The van der Waals surface area contributed by atoms with E-state index in [0.717, 1.165) is 12.2 Å². The maximum atomic E-state index is 12.9. The van der Waals surface area contributed by atoms with E-state index in [-0.39, 0.29) is 17.7 Å². The second kappa shape index (κ2) is 2.75. The smallest absolute Gasteiger partial charge is 0.165 e. The van der Waals surface area contributed by atoms with Crippen molar-refractivity contribution in [3.8, 4) is 5.75 Å². The molecule has 1 aliphatic rings. The van der Waals surface area contributed by atoms with Crippen molar-refractivity contribution in [2.75, 3.05) is 13.7 Å². The normalized spacial score (nSPS) is 20.7. The Morgan fingerprint density at radius 2 is 2.33 bits per heavy atom. The van der Waals surface area contributed by atoms with Gasteiger partial charge in [-0.2, -0.15) is 0 Å². The molecule has 1 saturated heterocycles. The molecule has 2 nitrogen and oxygen atoms in total. The molecule has 1 aliphatic heterocycles. The average Bonchev–Trinajstić information content (AvgIpc) is 2.88. The zero-order valence-electron chi connectivity index (χ0n) is 6.71. The number of hydrogen-bond donors (Lipinski definition) is 0. The van der Waals surface area contributed by atoms with Crippen molar-refractivity contribution in [2.45, 2.75) is 6.10 Å². The fourth-order valence-electron chi connectivity index (χ4n) is 1.12. The third-order valence-corrected chi connectivity index (χ3v) is 1.88. The molecule has 1 aromatic rings. The van der Waals surface area contributed by atoms with Gasteiger partial charge in [0.05, 0.1) is 13.7 Å². The van der Waals surface area contributed by atoms with E-state index in [0.29, 0.717) is 0 Å². The zero-order chi connectivity index (χ0) is 8.55. The summed E-state index contributed by atoms with van der Waals surface area (Å²) < 4.78 is 22.8. The third-order valence-electron chi connectivity index (χ3n) is 1.88. The predicted octanol–water partition coefficient (Wildman–Crippen LogP) is 1.91. The number of halogens is 1. The number of ether oxygens (including phenoxy) is 2. The fourth-order valence-corrected chi connectivity index (χ4v) is 1.12. The second-order valence-corrected chi connectivity index (χ2v) is 2.72. The lowest BCUT2D eigenvalue weighted by molar-refractivity contribution is 0.382. The van der Waals surface area contributed by atoms with Crippen LogP contribution in [-0.4, -0.2) is 13.7 Å². The Balaban J connectivity index is 2.33. The molecule has 0 spiro atoms. The highest BCUT2D eigenvalue weighted by Gasteiger charge is 2.25. The van der Waals surface area contributed by atoms with E-state index in [4.69, 9.17) is 9.47 Å². The monoisotopic (exact) mass is 168 g/mol. The van der Waals surface area contributed by atoms with Crippen molar-refractivity contribution < 1.29 is 13.9 Å². The topological polar surface area (TPSA) is 21.8 Å². The summed E-state index contributed by atoms with van der Waals surface area (Å²) in [5.74, 6) is -0.0510. The Bertz CT molecular complexity index is 295. The van der Waals surface area contributed by atoms with Crippen molar-refractivity contribution in [3.05, 3.63) is 29.6 Å². The maximum absolute atomic E-state index is 12.9. The van der Waals surface area contributed by atoms with E-state index < -0.39 is 0 Å². The molecule has 1 aromatic carbocycles. The largest absolute Gasteiger partial charge is 0.494 e. The molecule has 1 heterocycles. The van der Waals surface area contributed by atoms with E-state index in [1.54, 1.807) is 12.1 Å². The quantitative estimate of drug-likeness (QED) is 0.629. The van der Waals surface area contributed by atoms with Crippen molar-refractivity contribution in [3.63, 3.8) is 0 Å². The molecule has 0 bridgehead atoms. The van der Waals surface area contributed by atoms with Crippen LogP contribution in [0.1, 0.15) is 11.7 Å².